The van der Waals surface area contributed by atoms with Crippen molar-refractivity contribution in [1.29, 1.82) is 0 Å². The van der Waals surface area contributed by atoms with Crippen molar-refractivity contribution in [1.82, 2.24) is 14.3 Å². The summed E-state index contributed by atoms with van der Waals surface area (Å²) < 4.78 is 1.97. The molecule has 0 N–H and O–H groups in total. The minimum atomic E-state index is 0.666. The van der Waals surface area contributed by atoms with E-state index in [4.69, 9.17) is 34.8 Å². The fraction of sp³-hybridized carbons (Fsp3) is 0.278. The molecule has 0 aliphatic carbocycles. The van der Waals surface area contributed by atoms with Gasteiger partial charge in [-0.25, -0.2) is 4.98 Å². The molecule has 130 valence electrons. The zero-order chi connectivity index (χ0) is 17.4. The van der Waals surface area contributed by atoms with Gasteiger partial charge in [0.1, 0.15) is 5.65 Å². The fourth-order valence-corrected chi connectivity index (χ4v) is 3.90. The number of fused-ring (bicyclic) bond motifs is 1. The molecule has 0 unspecified atom stereocenters. The summed E-state index contributed by atoms with van der Waals surface area (Å²) in [5, 5.41) is 2.09. The number of hydrogen-bond donors (Lipinski definition) is 0. The molecule has 0 amide bonds. The van der Waals surface area contributed by atoms with Gasteiger partial charge < -0.3 is 9.30 Å². The normalized spacial score (nSPS) is 15.9. The van der Waals surface area contributed by atoms with Crippen LogP contribution in [-0.2, 0) is 6.54 Å². The first-order valence-corrected chi connectivity index (χ1v) is 9.27. The third kappa shape index (κ3) is 3.72. The number of rotatable bonds is 3. The van der Waals surface area contributed by atoms with Crippen LogP contribution >= 0.6 is 34.8 Å². The van der Waals surface area contributed by atoms with E-state index in [0.717, 1.165) is 49.8 Å². The van der Waals surface area contributed by atoms with Crippen molar-refractivity contribution in [3.05, 3.63) is 63.5 Å². The molecule has 0 bridgehead atoms. The Kier molecular flexibility index (Phi) is 4.78. The molecule has 0 atom stereocenters. The second-order valence-corrected chi connectivity index (χ2v) is 7.48. The van der Waals surface area contributed by atoms with Gasteiger partial charge in [0.15, 0.2) is 0 Å². The van der Waals surface area contributed by atoms with E-state index in [1.54, 1.807) is 6.07 Å². The standard InChI is InChI=1S/C18H17Cl3N4/c19-13-1-3-17(16(21)9-13)24-7-5-23(6-8-24)11-15-12-25-10-14(20)2-4-18(25)22-15/h1-4,9-10,12H,5-8,11H2. The van der Waals surface area contributed by atoms with Gasteiger partial charge in [-0.3, -0.25) is 4.90 Å². The van der Waals surface area contributed by atoms with E-state index in [0.29, 0.717) is 15.1 Å². The van der Waals surface area contributed by atoms with Gasteiger partial charge in [-0.1, -0.05) is 34.8 Å². The van der Waals surface area contributed by atoms with E-state index in [2.05, 4.69) is 14.8 Å². The highest BCUT2D eigenvalue weighted by Gasteiger charge is 2.20. The lowest BCUT2D eigenvalue weighted by molar-refractivity contribution is 0.247. The third-order valence-corrected chi connectivity index (χ3v) is 5.23. The Balaban J connectivity index is 1.41. The second kappa shape index (κ2) is 7.04. The van der Waals surface area contributed by atoms with Crippen molar-refractivity contribution in [3.8, 4) is 0 Å². The fourth-order valence-electron chi connectivity index (χ4n) is 3.21. The Bertz CT molecular complexity index is 900. The highest BCUT2D eigenvalue weighted by atomic mass is 35.5. The van der Waals surface area contributed by atoms with Crippen LogP contribution in [-0.4, -0.2) is 40.5 Å². The quantitative estimate of drug-likeness (QED) is 0.647. The molecule has 4 rings (SSSR count). The molecule has 2 aromatic heterocycles. The zero-order valence-corrected chi connectivity index (χ0v) is 15.8. The molecular weight excluding hydrogens is 379 g/mol. The van der Waals surface area contributed by atoms with Gasteiger partial charge in [-0.05, 0) is 30.3 Å². The average molecular weight is 396 g/mol. The summed E-state index contributed by atoms with van der Waals surface area (Å²) >= 11 is 18.3. The lowest BCUT2D eigenvalue weighted by Gasteiger charge is -2.36. The molecule has 3 aromatic rings. The number of halogens is 3. The number of benzene rings is 1. The number of aromatic nitrogens is 2. The summed E-state index contributed by atoms with van der Waals surface area (Å²) in [7, 11) is 0. The predicted octanol–water partition coefficient (Wildman–Crippen LogP) is 4.62. The maximum Gasteiger partial charge on any atom is 0.137 e. The molecule has 4 nitrogen and oxygen atoms in total. The minimum Gasteiger partial charge on any atom is -0.368 e. The largest absolute Gasteiger partial charge is 0.368 e. The van der Waals surface area contributed by atoms with Crippen molar-refractivity contribution >= 4 is 46.1 Å². The van der Waals surface area contributed by atoms with Crippen LogP contribution in [0.1, 0.15) is 5.69 Å². The van der Waals surface area contributed by atoms with Gasteiger partial charge in [0.2, 0.25) is 0 Å². The third-order valence-electron chi connectivity index (χ3n) is 4.47. The van der Waals surface area contributed by atoms with Crippen LogP contribution in [0, 0.1) is 0 Å². The van der Waals surface area contributed by atoms with E-state index in [9.17, 15) is 0 Å². The Morgan fingerprint density at radius 3 is 2.40 bits per heavy atom. The van der Waals surface area contributed by atoms with Crippen LogP contribution in [0.5, 0.6) is 0 Å². The summed E-state index contributed by atoms with van der Waals surface area (Å²) in [4.78, 5) is 9.37. The van der Waals surface area contributed by atoms with Crippen molar-refractivity contribution in [2.45, 2.75) is 6.54 Å². The van der Waals surface area contributed by atoms with E-state index in [1.807, 2.05) is 41.1 Å². The lowest BCUT2D eigenvalue weighted by atomic mass is 10.2. The molecule has 1 aromatic carbocycles. The minimum absolute atomic E-state index is 0.666. The molecule has 7 heteroatoms. The maximum atomic E-state index is 6.32. The highest BCUT2D eigenvalue weighted by Crippen LogP contribution is 2.29. The Hall–Kier alpha value is -1.46. The van der Waals surface area contributed by atoms with Crippen molar-refractivity contribution in [2.75, 3.05) is 31.1 Å². The molecule has 1 aliphatic rings. The van der Waals surface area contributed by atoms with Crippen LogP contribution in [0.4, 0.5) is 5.69 Å². The average Bonchev–Trinajstić information content (AvgIpc) is 2.97. The predicted molar refractivity (Wildman–Crippen MR) is 104 cm³/mol. The highest BCUT2D eigenvalue weighted by molar-refractivity contribution is 6.36. The molecule has 1 aliphatic heterocycles. The summed E-state index contributed by atoms with van der Waals surface area (Å²) in [6, 6.07) is 9.48. The second-order valence-electron chi connectivity index (χ2n) is 6.20. The van der Waals surface area contributed by atoms with E-state index in [1.165, 1.54) is 0 Å². The first-order valence-electron chi connectivity index (χ1n) is 8.14. The van der Waals surface area contributed by atoms with Crippen LogP contribution in [0.15, 0.2) is 42.7 Å². The smallest absolute Gasteiger partial charge is 0.137 e. The Morgan fingerprint density at radius 1 is 0.880 bits per heavy atom. The molecule has 1 saturated heterocycles. The number of anilines is 1. The molecule has 0 saturated carbocycles. The van der Waals surface area contributed by atoms with Gasteiger partial charge in [-0.15, -0.1) is 0 Å². The number of imidazole rings is 1. The molecule has 0 spiro atoms. The topological polar surface area (TPSA) is 23.8 Å². The zero-order valence-electron chi connectivity index (χ0n) is 13.5. The summed E-state index contributed by atoms with van der Waals surface area (Å²) in [5.41, 5.74) is 3.03. The number of piperazine rings is 1. The van der Waals surface area contributed by atoms with Gasteiger partial charge in [0, 0.05) is 50.1 Å². The van der Waals surface area contributed by atoms with Crippen molar-refractivity contribution in [3.63, 3.8) is 0 Å². The molecule has 0 radical (unpaired) electrons. The lowest BCUT2D eigenvalue weighted by Crippen LogP contribution is -2.46. The Morgan fingerprint density at radius 2 is 1.64 bits per heavy atom. The first-order chi connectivity index (χ1) is 12.1. The number of hydrogen-bond acceptors (Lipinski definition) is 3. The van der Waals surface area contributed by atoms with Crippen LogP contribution < -0.4 is 4.90 Å². The van der Waals surface area contributed by atoms with Crippen LogP contribution in [0.2, 0.25) is 15.1 Å². The first kappa shape index (κ1) is 17.0. The summed E-state index contributed by atoms with van der Waals surface area (Å²) in [5.74, 6) is 0. The summed E-state index contributed by atoms with van der Waals surface area (Å²) in [6.07, 6.45) is 3.93. The Labute approximate surface area is 161 Å². The van der Waals surface area contributed by atoms with Crippen LogP contribution in [0.25, 0.3) is 5.65 Å². The van der Waals surface area contributed by atoms with Crippen molar-refractivity contribution < 1.29 is 0 Å². The van der Waals surface area contributed by atoms with Gasteiger partial charge in [0.25, 0.3) is 0 Å². The number of pyridine rings is 1. The number of nitrogens with zero attached hydrogens (tertiary/aromatic N) is 4. The van der Waals surface area contributed by atoms with Crippen molar-refractivity contribution in [2.24, 2.45) is 0 Å². The van der Waals surface area contributed by atoms with Gasteiger partial charge >= 0.3 is 0 Å². The molecule has 1 fully saturated rings. The SMILES string of the molecule is Clc1ccc(N2CCN(Cc3cn4cc(Cl)ccc4n3)CC2)c(Cl)c1. The van der Waals surface area contributed by atoms with E-state index < -0.39 is 0 Å². The molecule has 3 heterocycles. The monoisotopic (exact) mass is 394 g/mol. The molecule has 25 heavy (non-hydrogen) atoms. The molecular formula is C18H17Cl3N4. The van der Waals surface area contributed by atoms with Crippen LogP contribution in [0.3, 0.4) is 0 Å². The maximum absolute atomic E-state index is 6.32. The van der Waals surface area contributed by atoms with Gasteiger partial charge in [-0.2, -0.15) is 0 Å². The van der Waals surface area contributed by atoms with E-state index >= 15 is 0 Å². The summed E-state index contributed by atoms with van der Waals surface area (Å²) in [6.45, 7) is 4.63. The van der Waals surface area contributed by atoms with E-state index in [-0.39, 0.29) is 0 Å². The van der Waals surface area contributed by atoms with Gasteiger partial charge in [0.05, 0.1) is 21.4 Å².